The minimum Gasteiger partial charge on any atom is -0.497 e. The third-order valence-corrected chi connectivity index (χ3v) is 6.23. The second-order valence-electron chi connectivity index (χ2n) is 9.58. The Morgan fingerprint density at radius 1 is 1.05 bits per heavy atom. The molecule has 2 aromatic heterocycles. The van der Waals surface area contributed by atoms with E-state index in [0.717, 1.165) is 5.56 Å². The summed E-state index contributed by atoms with van der Waals surface area (Å²) in [5, 5.41) is 6.72. The zero-order chi connectivity index (χ0) is 28.2. The highest BCUT2D eigenvalue weighted by atomic mass is 35.5. The predicted molar refractivity (Wildman–Crippen MR) is 152 cm³/mol. The maximum Gasteiger partial charge on any atom is 0.407 e. The fourth-order valence-corrected chi connectivity index (χ4v) is 4.00. The molecule has 12 heteroatoms. The molecule has 0 atom stereocenters. The molecule has 39 heavy (non-hydrogen) atoms. The van der Waals surface area contributed by atoms with Crippen LogP contribution in [0.15, 0.2) is 53.5 Å². The lowest BCUT2D eigenvalue weighted by molar-refractivity contribution is 0.0526. The Balaban J connectivity index is 1.67. The monoisotopic (exact) mass is 570 g/mol. The van der Waals surface area contributed by atoms with Gasteiger partial charge in [-0.2, -0.15) is 4.98 Å². The average Bonchev–Trinajstić information content (AvgIpc) is 2.89. The van der Waals surface area contributed by atoms with Crippen molar-refractivity contribution >= 4 is 46.4 Å². The van der Waals surface area contributed by atoms with Crippen molar-refractivity contribution < 1.29 is 14.3 Å². The molecule has 0 bridgehead atoms. The quantitative estimate of drug-likeness (QED) is 0.292. The van der Waals surface area contributed by atoms with Crippen LogP contribution in [0.25, 0.3) is 22.4 Å². The molecule has 1 amide bonds. The van der Waals surface area contributed by atoms with E-state index in [1.807, 2.05) is 6.07 Å². The molecular formula is C27H28Cl2N6O4. The summed E-state index contributed by atoms with van der Waals surface area (Å²) in [6, 6.07) is 12.3. The molecule has 10 nitrogen and oxygen atoms in total. The molecule has 204 valence electrons. The van der Waals surface area contributed by atoms with Crippen molar-refractivity contribution in [2.75, 3.05) is 19.0 Å². The third kappa shape index (κ3) is 7.15. The highest BCUT2D eigenvalue weighted by Crippen LogP contribution is 2.23. The topological polar surface area (TPSA) is 120 Å². The first-order valence-electron chi connectivity index (χ1n) is 12.1. The van der Waals surface area contributed by atoms with E-state index in [1.165, 1.54) is 4.57 Å². The zero-order valence-corrected chi connectivity index (χ0v) is 23.4. The van der Waals surface area contributed by atoms with Gasteiger partial charge < -0.3 is 20.1 Å². The first kappa shape index (κ1) is 28.1. The van der Waals surface area contributed by atoms with Crippen molar-refractivity contribution in [1.29, 1.82) is 0 Å². The van der Waals surface area contributed by atoms with E-state index in [0.29, 0.717) is 45.0 Å². The molecule has 0 radical (unpaired) electrons. The van der Waals surface area contributed by atoms with Gasteiger partial charge in [-0.15, -0.1) is 0 Å². The van der Waals surface area contributed by atoms with Gasteiger partial charge in [0.05, 0.1) is 23.4 Å². The number of alkyl carbamates (subject to hydrolysis) is 1. The van der Waals surface area contributed by atoms with E-state index >= 15 is 0 Å². The minimum atomic E-state index is -0.645. The second-order valence-corrected chi connectivity index (χ2v) is 10.4. The predicted octanol–water partition coefficient (Wildman–Crippen LogP) is 5.31. The summed E-state index contributed by atoms with van der Waals surface area (Å²) >= 11 is 12.1. The maximum absolute atomic E-state index is 13.6. The lowest BCUT2D eigenvalue weighted by Gasteiger charge is -2.20. The van der Waals surface area contributed by atoms with Gasteiger partial charge in [-0.3, -0.25) is 9.36 Å². The first-order valence-corrected chi connectivity index (χ1v) is 12.9. The van der Waals surface area contributed by atoms with E-state index < -0.39 is 11.7 Å². The summed E-state index contributed by atoms with van der Waals surface area (Å²) in [5.41, 5.74) is 1.43. The summed E-state index contributed by atoms with van der Waals surface area (Å²) < 4.78 is 12.0. The standard InChI is InChI=1S/C27H28Cl2N6O4/c1-27(2,3)39-26(37)30-11-12-35-23-21(33-22(24(35)36)17-6-8-18(38-4)9-7-17)15-32-25(34-23)31-14-16-5-10-19(28)20(29)13-16/h5-10,13,15H,11-12,14H2,1-4H3,(H,30,37)(H,31,32,34). The smallest absolute Gasteiger partial charge is 0.407 e. The van der Waals surface area contributed by atoms with Gasteiger partial charge in [-0.25, -0.2) is 14.8 Å². The van der Waals surface area contributed by atoms with Gasteiger partial charge in [-0.1, -0.05) is 29.3 Å². The van der Waals surface area contributed by atoms with Gasteiger partial charge in [0.2, 0.25) is 5.95 Å². The first-order chi connectivity index (χ1) is 18.5. The van der Waals surface area contributed by atoms with E-state index in [-0.39, 0.29) is 24.3 Å². The van der Waals surface area contributed by atoms with Crippen molar-refractivity contribution in [2.45, 2.75) is 39.5 Å². The molecule has 0 fully saturated rings. The Morgan fingerprint density at radius 3 is 2.46 bits per heavy atom. The number of nitrogens with zero attached hydrogens (tertiary/aromatic N) is 4. The number of aromatic nitrogens is 4. The molecule has 2 heterocycles. The van der Waals surface area contributed by atoms with Crippen LogP contribution in [0, 0.1) is 0 Å². The number of anilines is 1. The summed E-state index contributed by atoms with van der Waals surface area (Å²) in [6.45, 7) is 5.97. The normalized spacial score (nSPS) is 11.3. The lowest BCUT2D eigenvalue weighted by atomic mass is 10.1. The molecule has 0 saturated heterocycles. The van der Waals surface area contributed by atoms with Gasteiger partial charge >= 0.3 is 6.09 Å². The third-order valence-electron chi connectivity index (χ3n) is 5.49. The van der Waals surface area contributed by atoms with Crippen LogP contribution in [-0.2, 0) is 17.8 Å². The van der Waals surface area contributed by atoms with Gasteiger partial charge in [-0.05, 0) is 62.7 Å². The maximum atomic E-state index is 13.6. The zero-order valence-electron chi connectivity index (χ0n) is 21.9. The summed E-state index contributed by atoms with van der Waals surface area (Å²) in [5.74, 6) is 0.947. The van der Waals surface area contributed by atoms with E-state index in [1.54, 1.807) is 70.5 Å². The number of ether oxygens (including phenoxy) is 2. The molecule has 0 spiro atoms. The number of fused-ring (bicyclic) bond motifs is 1. The number of nitrogens with one attached hydrogen (secondary N) is 2. The highest BCUT2D eigenvalue weighted by molar-refractivity contribution is 6.42. The number of halogens is 2. The average molecular weight is 571 g/mol. The number of hydrogen-bond donors (Lipinski definition) is 2. The minimum absolute atomic E-state index is 0.128. The second kappa shape index (κ2) is 11.9. The van der Waals surface area contributed by atoms with E-state index in [9.17, 15) is 9.59 Å². The summed E-state index contributed by atoms with van der Waals surface area (Å²) in [6.07, 6.45) is 0.965. The largest absolute Gasteiger partial charge is 0.497 e. The molecular weight excluding hydrogens is 543 g/mol. The van der Waals surface area contributed by atoms with E-state index in [2.05, 4.69) is 25.6 Å². The molecule has 0 unspecified atom stereocenters. The molecule has 2 N–H and O–H groups in total. The number of carbonyl (C=O) groups is 1. The van der Waals surface area contributed by atoms with Crippen molar-refractivity contribution in [3.63, 3.8) is 0 Å². The molecule has 0 aliphatic carbocycles. The molecule has 2 aromatic carbocycles. The number of carbonyl (C=O) groups excluding carboxylic acids is 1. The van der Waals surface area contributed by atoms with Gasteiger partial charge in [0, 0.05) is 25.2 Å². The Hall–Kier alpha value is -3.89. The fraction of sp³-hybridized carbons (Fsp3) is 0.296. The lowest BCUT2D eigenvalue weighted by Crippen LogP contribution is -2.36. The van der Waals surface area contributed by atoms with Crippen LogP contribution >= 0.6 is 23.2 Å². The molecule has 4 rings (SSSR count). The van der Waals surface area contributed by atoms with Gasteiger partial charge in [0.1, 0.15) is 22.6 Å². The Morgan fingerprint density at radius 2 is 1.79 bits per heavy atom. The van der Waals surface area contributed by atoms with Crippen LogP contribution in [0.4, 0.5) is 10.7 Å². The molecule has 0 saturated carbocycles. The van der Waals surface area contributed by atoms with Crippen molar-refractivity contribution in [3.05, 3.63) is 74.6 Å². The van der Waals surface area contributed by atoms with Crippen molar-refractivity contribution in [2.24, 2.45) is 0 Å². The summed E-state index contributed by atoms with van der Waals surface area (Å²) in [7, 11) is 1.57. The Labute approximate surface area is 235 Å². The number of hydrogen-bond acceptors (Lipinski definition) is 8. The molecule has 4 aromatic rings. The molecule has 0 aliphatic rings. The molecule has 0 aliphatic heterocycles. The van der Waals surface area contributed by atoms with E-state index in [4.69, 9.17) is 32.7 Å². The van der Waals surface area contributed by atoms with Crippen LogP contribution in [-0.4, -0.2) is 44.9 Å². The van der Waals surface area contributed by atoms with Crippen LogP contribution in [0.2, 0.25) is 10.0 Å². The fourth-order valence-electron chi connectivity index (χ4n) is 3.68. The summed E-state index contributed by atoms with van der Waals surface area (Å²) in [4.78, 5) is 39.3. The highest BCUT2D eigenvalue weighted by Gasteiger charge is 2.18. The Kier molecular flexibility index (Phi) is 8.57. The van der Waals surface area contributed by atoms with Crippen molar-refractivity contribution in [3.8, 4) is 17.0 Å². The number of benzene rings is 2. The number of methoxy groups -OCH3 is 1. The van der Waals surface area contributed by atoms with Crippen LogP contribution < -0.4 is 20.9 Å². The number of rotatable bonds is 8. The van der Waals surface area contributed by atoms with Crippen LogP contribution in [0.3, 0.4) is 0 Å². The Bertz CT molecular complexity index is 1550. The van der Waals surface area contributed by atoms with Gasteiger partial charge in [0.15, 0.2) is 5.65 Å². The van der Waals surface area contributed by atoms with Gasteiger partial charge in [0.25, 0.3) is 5.56 Å². The SMILES string of the molecule is COc1ccc(-c2nc3cnc(NCc4ccc(Cl)c(Cl)c4)nc3n(CCNC(=O)OC(C)(C)C)c2=O)cc1. The van der Waals surface area contributed by atoms with Crippen molar-refractivity contribution in [1.82, 2.24) is 24.8 Å². The number of amides is 1. The van der Waals surface area contributed by atoms with Crippen LogP contribution in [0.5, 0.6) is 5.75 Å². The van der Waals surface area contributed by atoms with Crippen LogP contribution in [0.1, 0.15) is 26.3 Å².